The summed E-state index contributed by atoms with van der Waals surface area (Å²) in [5.74, 6) is -0.993. The third-order valence-corrected chi connectivity index (χ3v) is 3.22. The number of urea groups is 1. The molecule has 110 valence electrons. The first-order valence-corrected chi connectivity index (χ1v) is 7.16. The Morgan fingerprint density at radius 1 is 1.37 bits per heavy atom. The quantitative estimate of drug-likeness (QED) is 0.501. The van der Waals surface area contributed by atoms with Gasteiger partial charge in [0.2, 0.25) is 5.91 Å². The van der Waals surface area contributed by atoms with Crippen molar-refractivity contribution in [2.24, 2.45) is 11.1 Å². The van der Waals surface area contributed by atoms with Gasteiger partial charge in [0.25, 0.3) is 0 Å². The number of carbonyl (C=O) groups is 3. The smallest absolute Gasteiger partial charge is 0.326 e. The van der Waals surface area contributed by atoms with Crippen LogP contribution in [0, 0.1) is 5.41 Å². The van der Waals surface area contributed by atoms with Gasteiger partial charge in [-0.15, -0.1) is 0 Å². The van der Waals surface area contributed by atoms with Crippen LogP contribution in [0.4, 0.5) is 4.79 Å². The molecule has 0 saturated carbocycles. The molecule has 0 saturated heterocycles. The van der Waals surface area contributed by atoms with Crippen molar-refractivity contribution in [3.05, 3.63) is 0 Å². The standard InChI is InChI=1S/C11H21N3O4S/c1-11(2,9(12)17)6-13-10(18)14-7(8(15)16)4-5-19-3/h7H,4-6H2,1-3H3,(H2,12,17)(H,15,16)(H2,13,14,18)/t7-/m1/s1. The second kappa shape index (κ2) is 7.88. The molecule has 0 bridgehead atoms. The highest BCUT2D eigenvalue weighted by Crippen LogP contribution is 2.11. The molecule has 19 heavy (non-hydrogen) atoms. The monoisotopic (exact) mass is 291 g/mol. The van der Waals surface area contributed by atoms with E-state index in [1.54, 1.807) is 13.8 Å². The molecule has 0 aliphatic heterocycles. The fourth-order valence-electron chi connectivity index (χ4n) is 1.09. The van der Waals surface area contributed by atoms with Crippen LogP contribution in [0.2, 0.25) is 0 Å². The first-order chi connectivity index (χ1) is 8.70. The number of rotatable bonds is 8. The van der Waals surface area contributed by atoms with Crippen molar-refractivity contribution in [1.29, 1.82) is 0 Å². The second-order valence-corrected chi connectivity index (χ2v) is 5.73. The molecular weight excluding hydrogens is 270 g/mol. The molecule has 0 spiro atoms. The van der Waals surface area contributed by atoms with E-state index in [1.165, 1.54) is 11.8 Å². The first-order valence-electron chi connectivity index (χ1n) is 5.76. The number of carboxylic acid groups (broad SMARTS) is 1. The van der Waals surface area contributed by atoms with E-state index in [0.717, 1.165) is 0 Å². The van der Waals surface area contributed by atoms with E-state index >= 15 is 0 Å². The van der Waals surface area contributed by atoms with Gasteiger partial charge in [-0.25, -0.2) is 9.59 Å². The summed E-state index contributed by atoms with van der Waals surface area (Å²) in [6, 6.07) is -1.56. The predicted molar refractivity (Wildman–Crippen MR) is 73.9 cm³/mol. The Balaban J connectivity index is 4.27. The molecule has 0 aliphatic rings. The molecule has 0 rings (SSSR count). The summed E-state index contributed by atoms with van der Waals surface area (Å²) >= 11 is 1.50. The number of primary amides is 1. The molecule has 0 fully saturated rings. The lowest BCUT2D eigenvalue weighted by atomic mass is 9.93. The van der Waals surface area contributed by atoms with Crippen LogP contribution in [-0.4, -0.2) is 47.6 Å². The van der Waals surface area contributed by atoms with Crippen molar-refractivity contribution in [3.8, 4) is 0 Å². The summed E-state index contributed by atoms with van der Waals surface area (Å²) in [7, 11) is 0. The van der Waals surface area contributed by atoms with E-state index < -0.39 is 29.4 Å². The molecule has 0 aromatic heterocycles. The summed E-state index contributed by atoms with van der Waals surface area (Å²) < 4.78 is 0. The van der Waals surface area contributed by atoms with E-state index in [9.17, 15) is 14.4 Å². The summed E-state index contributed by atoms with van der Waals surface area (Å²) in [6.07, 6.45) is 2.19. The van der Waals surface area contributed by atoms with Crippen molar-refractivity contribution in [2.45, 2.75) is 26.3 Å². The van der Waals surface area contributed by atoms with Gasteiger partial charge in [-0.3, -0.25) is 4.79 Å². The number of carbonyl (C=O) groups excluding carboxylic acids is 2. The third-order valence-electron chi connectivity index (χ3n) is 2.57. The maximum atomic E-state index is 11.5. The average molecular weight is 291 g/mol. The van der Waals surface area contributed by atoms with Crippen molar-refractivity contribution >= 4 is 29.7 Å². The number of hydrogen-bond donors (Lipinski definition) is 4. The normalized spacial score (nSPS) is 12.6. The van der Waals surface area contributed by atoms with Gasteiger partial charge in [0.15, 0.2) is 0 Å². The number of hydrogen-bond acceptors (Lipinski definition) is 4. The van der Waals surface area contributed by atoms with E-state index in [2.05, 4.69) is 10.6 Å². The minimum atomic E-state index is -1.08. The van der Waals surface area contributed by atoms with Crippen LogP contribution < -0.4 is 16.4 Å². The number of nitrogens with two attached hydrogens (primary N) is 1. The zero-order valence-electron chi connectivity index (χ0n) is 11.4. The molecule has 0 aliphatic carbocycles. The topological polar surface area (TPSA) is 122 Å². The van der Waals surface area contributed by atoms with Crippen LogP contribution in [-0.2, 0) is 9.59 Å². The molecule has 3 amide bonds. The van der Waals surface area contributed by atoms with Gasteiger partial charge in [0.1, 0.15) is 6.04 Å². The number of aliphatic carboxylic acids is 1. The summed E-state index contributed by atoms with van der Waals surface area (Å²) in [5.41, 5.74) is 4.28. The molecule has 0 heterocycles. The molecule has 8 heteroatoms. The minimum absolute atomic E-state index is 0.0447. The van der Waals surface area contributed by atoms with Gasteiger partial charge in [-0.1, -0.05) is 0 Å². The fraction of sp³-hybridized carbons (Fsp3) is 0.727. The van der Waals surface area contributed by atoms with Crippen molar-refractivity contribution < 1.29 is 19.5 Å². The third kappa shape index (κ3) is 6.90. The molecule has 1 atom stereocenters. The van der Waals surface area contributed by atoms with Gasteiger partial charge in [0.05, 0.1) is 5.41 Å². The van der Waals surface area contributed by atoms with Crippen molar-refractivity contribution in [1.82, 2.24) is 10.6 Å². The van der Waals surface area contributed by atoms with Gasteiger partial charge in [-0.2, -0.15) is 11.8 Å². The predicted octanol–water partition coefficient (Wildman–Crippen LogP) is 0.00340. The zero-order valence-corrected chi connectivity index (χ0v) is 12.2. The lowest BCUT2D eigenvalue weighted by Crippen LogP contribution is -2.50. The van der Waals surface area contributed by atoms with Gasteiger partial charge < -0.3 is 21.5 Å². The SMILES string of the molecule is CSCC[C@@H](NC(=O)NCC(C)(C)C(N)=O)C(=O)O. The summed E-state index contributed by atoms with van der Waals surface area (Å²) in [6.45, 7) is 3.24. The van der Waals surface area contributed by atoms with E-state index in [1.807, 2.05) is 6.26 Å². The van der Waals surface area contributed by atoms with Crippen LogP contribution in [0.3, 0.4) is 0 Å². The molecule has 5 N–H and O–H groups in total. The van der Waals surface area contributed by atoms with Gasteiger partial charge in [0, 0.05) is 6.54 Å². The maximum absolute atomic E-state index is 11.5. The Labute approximate surface area is 116 Å². The van der Waals surface area contributed by atoms with Crippen LogP contribution in [0.5, 0.6) is 0 Å². The zero-order chi connectivity index (χ0) is 15.1. The maximum Gasteiger partial charge on any atom is 0.326 e. The Morgan fingerprint density at radius 2 is 1.95 bits per heavy atom. The summed E-state index contributed by atoms with van der Waals surface area (Å²) in [5, 5.41) is 13.7. The Bertz CT molecular complexity index is 347. The molecule has 0 radical (unpaired) electrons. The Kier molecular flexibility index (Phi) is 7.28. The Morgan fingerprint density at radius 3 is 2.37 bits per heavy atom. The van der Waals surface area contributed by atoms with Crippen molar-refractivity contribution in [3.63, 3.8) is 0 Å². The first kappa shape index (κ1) is 17.6. The van der Waals surface area contributed by atoms with Crippen molar-refractivity contribution in [2.75, 3.05) is 18.6 Å². The molecular formula is C11H21N3O4S. The highest BCUT2D eigenvalue weighted by atomic mass is 32.2. The summed E-state index contributed by atoms with van der Waals surface area (Å²) in [4.78, 5) is 33.5. The molecule has 7 nitrogen and oxygen atoms in total. The van der Waals surface area contributed by atoms with Crippen LogP contribution in [0.1, 0.15) is 20.3 Å². The van der Waals surface area contributed by atoms with Gasteiger partial charge in [-0.05, 0) is 32.3 Å². The van der Waals surface area contributed by atoms with E-state index in [0.29, 0.717) is 12.2 Å². The van der Waals surface area contributed by atoms with E-state index in [-0.39, 0.29) is 6.54 Å². The van der Waals surface area contributed by atoms with Crippen LogP contribution in [0.15, 0.2) is 0 Å². The minimum Gasteiger partial charge on any atom is -0.480 e. The largest absolute Gasteiger partial charge is 0.480 e. The lowest BCUT2D eigenvalue weighted by molar-refractivity contribution is -0.139. The lowest BCUT2D eigenvalue weighted by Gasteiger charge is -2.22. The number of amides is 3. The Hall–Kier alpha value is -1.44. The number of thioether (sulfide) groups is 1. The molecule has 0 aromatic carbocycles. The highest BCUT2D eigenvalue weighted by Gasteiger charge is 2.26. The number of carboxylic acids is 1. The highest BCUT2D eigenvalue weighted by molar-refractivity contribution is 7.98. The van der Waals surface area contributed by atoms with E-state index in [4.69, 9.17) is 10.8 Å². The molecule has 0 unspecified atom stereocenters. The van der Waals surface area contributed by atoms with Crippen LogP contribution >= 0.6 is 11.8 Å². The molecule has 0 aromatic rings. The van der Waals surface area contributed by atoms with Gasteiger partial charge >= 0.3 is 12.0 Å². The fourth-order valence-corrected chi connectivity index (χ4v) is 1.56. The average Bonchev–Trinajstić information content (AvgIpc) is 2.31. The second-order valence-electron chi connectivity index (χ2n) is 4.75. The van der Waals surface area contributed by atoms with Crippen LogP contribution in [0.25, 0.3) is 0 Å². The number of nitrogens with one attached hydrogen (secondary N) is 2.